The Bertz CT molecular complexity index is 438. The third-order valence-corrected chi connectivity index (χ3v) is 4.60. The minimum Gasteiger partial charge on any atom is -0.390 e. The van der Waals surface area contributed by atoms with Gasteiger partial charge in [-0.1, -0.05) is 23.7 Å². The van der Waals surface area contributed by atoms with Crippen LogP contribution < -0.4 is 5.32 Å². The van der Waals surface area contributed by atoms with Crippen LogP contribution in [0.3, 0.4) is 0 Å². The van der Waals surface area contributed by atoms with Crippen molar-refractivity contribution in [3.05, 3.63) is 34.9 Å². The summed E-state index contributed by atoms with van der Waals surface area (Å²) < 4.78 is 0. The van der Waals surface area contributed by atoms with E-state index in [2.05, 4.69) is 27.2 Å². The van der Waals surface area contributed by atoms with Crippen LogP contribution in [0, 0.1) is 0 Å². The lowest BCUT2D eigenvalue weighted by molar-refractivity contribution is 0.0424. The SMILES string of the molecule is Cl.Cl.O[C@H]1CNC[C@@H]1N1CCN(Cc2ccc(Cl)cc2)CC1. The van der Waals surface area contributed by atoms with Gasteiger partial charge < -0.3 is 10.4 Å². The van der Waals surface area contributed by atoms with Crippen LogP contribution in [0.4, 0.5) is 0 Å². The first-order valence-electron chi connectivity index (χ1n) is 7.32. The average molecular weight is 369 g/mol. The number of rotatable bonds is 3. The molecule has 1 aromatic rings. The van der Waals surface area contributed by atoms with Gasteiger partial charge in [-0.15, -0.1) is 24.8 Å². The van der Waals surface area contributed by atoms with Crippen molar-refractivity contribution in [1.82, 2.24) is 15.1 Å². The first kappa shape index (κ1) is 20.0. The molecule has 2 N–H and O–H groups in total. The third-order valence-electron chi connectivity index (χ3n) is 4.35. The quantitative estimate of drug-likeness (QED) is 0.851. The first-order valence-corrected chi connectivity index (χ1v) is 7.70. The lowest BCUT2D eigenvalue weighted by Gasteiger charge is -2.38. The molecule has 1 aromatic carbocycles. The van der Waals surface area contributed by atoms with Crippen molar-refractivity contribution >= 4 is 36.4 Å². The fourth-order valence-electron chi connectivity index (χ4n) is 3.12. The molecule has 7 heteroatoms. The van der Waals surface area contributed by atoms with Gasteiger partial charge in [0.25, 0.3) is 0 Å². The molecule has 0 unspecified atom stereocenters. The van der Waals surface area contributed by atoms with Crippen LogP contribution in [-0.2, 0) is 6.54 Å². The third kappa shape index (κ3) is 4.96. The molecule has 2 fully saturated rings. The summed E-state index contributed by atoms with van der Waals surface area (Å²) >= 11 is 5.91. The molecule has 0 saturated carbocycles. The van der Waals surface area contributed by atoms with Crippen molar-refractivity contribution < 1.29 is 5.11 Å². The van der Waals surface area contributed by atoms with Gasteiger partial charge in [-0.05, 0) is 17.7 Å². The van der Waals surface area contributed by atoms with Crippen LogP contribution in [0.2, 0.25) is 5.02 Å². The van der Waals surface area contributed by atoms with E-state index in [9.17, 15) is 5.11 Å². The number of nitrogens with one attached hydrogen (secondary N) is 1. The van der Waals surface area contributed by atoms with E-state index in [4.69, 9.17) is 11.6 Å². The number of halogens is 3. The summed E-state index contributed by atoms with van der Waals surface area (Å²) in [4.78, 5) is 4.89. The Balaban J connectivity index is 0.00000121. The highest BCUT2D eigenvalue weighted by molar-refractivity contribution is 6.30. The van der Waals surface area contributed by atoms with E-state index in [0.29, 0.717) is 6.04 Å². The molecule has 126 valence electrons. The molecule has 0 aliphatic carbocycles. The zero-order valence-corrected chi connectivity index (χ0v) is 14.8. The maximum Gasteiger partial charge on any atom is 0.0831 e. The number of β-amino-alcohol motifs (C(OH)–C–C–N with tert-alkyl or cyclic N) is 1. The Morgan fingerprint density at radius 1 is 1.05 bits per heavy atom. The molecule has 0 radical (unpaired) electrons. The Kier molecular flexibility index (Phi) is 8.43. The highest BCUT2D eigenvalue weighted by atomic mass is 35.5. The van der Waals surface area contributed by atoms with Gasteiger partial charge in [-0.2, -0.15) is 0 Å². The maximum atomic E-state index is 9.94. The topological polar surface area (TPSA) is 38.7 Å². The minimum absolute atomic E-state index is 0. The van der Waals surface area contributed by atoms with Crippen LogP contribution in [-0.4, -0.2) is 66.3 Å². The van der Waals surface area contributed by atoms with E-state index < -0.39 is 0 Å². The second-order valence-corrected chi connectivity index (χ2v) is 6.17. The first-order chi connectivity index (χ1) is 9.72. The molecule has 2 saturated heterocycles. The van der Waals surface area contributed by atoms with Crippen LogP contribution >= 0.6 is 36.4 Å². The summed E-state index contributed by atoms with van der Waals surface area (Å²) in [7, 11) is 0. The number of hydrogen-bond acceptors (Lipinski definition) is 4. The minimum atomic E-state index is -0.210. The maximum absolute atomic E-state index is 9.94. The van der Waals surface area contributed by atoms with E-state index in [1.54, 1.807) is 0 Å². The number of aliphatic hydroxyl groups is 1. The number of piperazine rings is 1. The highest BCUT2D eigenvalue weighted by Gasteiger charge is 2.32. The molecule has 0 spiro atoms. The van der Waals surface area contributed by atoms with Gasteiger partial charge in [0.2, 0.25) is 0 Å². The largest absolute Gasteiger partial charge is 0.390 e. The van der Waals surface area contributed by atoms with Crippen LogP contribution in [0.1, 0.15) is 5.56 Å². The number of hydrogen-bond donors (Lipinski definition) is 2. The summed E-state index contributed by atoms with van der Waals surface area (Å²) in [6.45, 7) is 6.83. The molecule has 0 amide bonds. The standard InChI is InChI=1S/C15H22ClN3O.2ClH/c16-13-3-1-12(2-4-13)11-18-5-7-19(8-6-18)14-9-17-10-15(14)20;;/h1-4,14-15,17,20H,5-11H2;2*1H/t14-,15-;;/m0../s1. The van der Waals surface area contributed by atoms with Crippen molar-refractivity contribution in [3.8, 4) is 0 Å². The van der Waals surface area contributed by atoms with Crippen molar-refractivity contribution in [3.63, 3.8) is 0 Å². The predicted octanol–water partition coefficient (Wildman–Crippen LogP) is 1.63. The number of nitrogens with zero attached hydrogens (tertiary/aromatic N) is 2. The van der Waals surface area contributed by atoms with Crippen molar-refractivity contribution in [2.75, 3.05) is 39.3 Å². The zero-order valence-electron chi connectivity index (χ0n) is 12.4. The van der Waals surface area contributed by atoms with Crippen molar-refractivity contribution in [2.45, 2.75) is 18.7 Å². The van der Waals surface area contributed by atoms with E-state index in [1.165, 1.54) is 5.56 Å². The molecular weight excluding hydrogens is 345 g/mol. The monoisotopic (exact) mass is 367 g/mol. The Morgan fingerprint density at radius 3 is 2.23 bits per heavy atom. The summed E-state index contributed by atoms with van der Waals surface area (Å²) in [5, 5.41) is 14.0. The Hall–Kier alpha value is -0.0700. The molecule has 3 rings (SSSR count). The fourth-order valence-corrected chi connectivity index (χ4v) is 3.25. The molecule has 22 heavy (non-hydrogen) atoms. The predicted molar refractivity (Wildman–Crippen MR) is 95.5 cm³/mol. The van der Waals surface area contributed by atoms with Gasteiger partial charge in [0, 0.05) is 56.9 Å². The Morgan fingerprint density at radius 2 is 1.68 bits per heavy atom. The van der Waals surface area contributed by atoms with Crippen molar-refractivity contribution in [2.24, 2.45) is 0 Å². The molecule has 0 aromatic heterocycles. The van der Waals surface area contributed by atoms with Gasteiger partial charge in [-0.25, -0.2) is 0 Å². The van der Waals surface area contributed by atoms with E-state index >= 15 is 0 Å². The van der Waals surface area contributed by atoms with Crippen LogP contribution in [0.15, 0.2) is 24.3 Å². The average Bonchev–Trinajstić information content (AvgIpc) is 2.89. The molecule has 2 atom stereocenters. The molecular formula is C15H24Cl3N3O. The van der Waals surface area contributed by atoms with Gasteiger partial charge in [0.15, 0.2) is 0 Å². The molecule has 0 bridgehead atoms. The van der Waals surface area contributed by atoms with E-state index in [1.807, 2.05) is 12.1 Å². The smallest absolute Gasteiger partial charge is 0.0831 e. The van der Waals surface area contributed by atoms with Crippen molar-refractivity contribution in [1.29, 1.82) is 0 Å². The normalized spacial score (nSPS) is 26.3. The zero-order chi connectivity index (χ0) is 13.9. The molecule has 2 aliphatic heterocycles. The second-order valence-electron chi connectivity index (χ2n) is 5.73. The van der Waals surface area contributed by atoms with Gasteiger partial charge in [-0.3, -0.25) is 9.80 Å². The van der Waals surface area contributed by atoms with Gasteiger partial charge >= 0.3 is 0 Å². The molecule has 2 heterocycles. The number of benzene rings is 1. The highest BCUT2D eigenvalue weighted by Crippen LogP contribution is 2.15. The second kappa shape index (κ2) is 9.28. The lowest BCUT2D eigenvalue weighted by Crippen LogP contribution is -2.53. The lowest BCUT2D eigenvalue weighted by atomic mass is 10.1. The fraction of sp³-hybridized carbons (Fsp3) is 0.600. The summed E-state index contributed by atoms with van der Waals surface area (Å²) in [5.41, 5.74) is 1.31. The summed E-state index contributed by atoms with van der Waals surface area (Å²) in [6.07, 6.45) is -0.210. The van der Waals surface area contributed by atoms with Gasteiger partial charge in [0.1, 0.15) is 0 Å². The molecule has 4 nitrogen and oxygen atoms in total. The van der Waals surface area contributed by atoms with Gasteiger partial charge in [0.05, 0.1) is 6.10 Å². The summed E-state index contributed by atoms with van der Waals surface area (Å²) in [6, 6.07) is 8.40. The summed E-state index contributed by atoms with van der Waals surface area (Å²) in [5.74, 6) is 0. The molecule has 2 aliphatic rings. The van der Waals surface area contributed by atoms with E-state index in [-0.39, 0.29) is 30.9 Å². The Labute approximate surface area is 149 Å². The van der Waals surface area contributed by atoms with Crippen LogP contribution in [0.5, 0.6) is 0 Å². The van der Waals surface area contributed by atoms with E-state index in [0.717, 1.165) is 50.8 Å². The number of aliphatic hydroxyl groups excluding tert-OH is 1. The van der Waals surface area contributed by atoms with Crippen LogP contribution in [0.25, 0.3) is 0 Å².